The summed E-state index contributed by atoms with van der Waals surface area (Å²) < 4.78 is 11.6. The fraction of sp³-hybridized carbons (Fsp3) is 0.730. The molecule has 5 N–H and O–H groups in total. The highest BCUT2D eigenvalue weighted by atomic mass is 16.5. The van der Waals surface area contributed by atoms with E-state index in [1.165, 1.54) is 13.0 Å². The van der Waals surface area contributed by atoms with Gasteiger partial charge < -0.3 is 31.2 Å². The van der Waals surface area contributed by atoms with E-state index in [0.29, 0.717) is 54.6 Å². The summed E-state index contributed by atoms with van der Waals surface area (Å²) in [6.45, 7) is 17.3. The molecule has 2 fully saturated rings. The number of rotatable bonds is 14. The van der Waals surface area contributed by atoms with Crippen LogP contribution in [0.2, 0.25) is 0 Å². The number of nitrogen functional groups attached to an aromatic ring is 2. The number of nitrogens with zero attached hydrogens (tertiary/aromatic N) is 7. The van der Waals surface area contributed by atoms with Crippen molar-refractivity contribution in [1.29, 1.82) is 0 Å². The van der Waals surface area contributed by atoms with E-state index >= 15 is 0 Å². The standard InChI is InChI=1S/C20H33N5O2.C17H27N5O2/c1-4-6-14(3)27-20-22-18(21)16-12-17(26)25(19(16)23-20)13-15-7-10-24(9-5-2)11-8-15;1-3-4-11(2)24-17-20-15(18)13-9-14(23)22(16(13)21-17)10-12-5-7-19-8-6-12/h14-15H,4-13H2,1-3H3,(H2,21,22,23);11-12,19H,3-10H2,1-2H3,(H2,18,20,21)/t14-;11-/m00/s1. The van der Waals surface area contributed by atoms with Gasteiger partial charge in [0.15, 0.2) is 0 Å². The quantitative estimate of drug-likeness (QED) is 0.256. The molecule has 0 aromatic carbocycles. The number of nitrogens with one attached hydrogen (secondary N) is 1. The Bertz CT molecular complexity index is 1480. The number of carbonyl (C=O) groups is 2. The van der Waals surface area contributed by atoms with Crippen molar-refractivity contribution in [3.05, 3.63) is 11.1 Å². The summed E-state index contributed by atoms with van der Waals surface area (Å²) in [5, 5.41) is 3.35. The number of anilines is 4. The van der Waals surface area contributed by atoms with Gasteiger partial charge in [-0.05, 0) is 103 Å². The Kier molecular flexibility index (Phi) is 13.7. The number of likely N-dealkylation sites (tertiary alicyclic amines) is 1. The van der Waals surface area contributed by atoms with E-state index in [4.69, 9.17) is 20.9 Å². The average Bonchev–Trinajstić information content (AvgIpc) is 3.58. The highest BCUT2D eigenvalue weighted by Crippen LogP contribution is 2.35. The Labute approximate surface area is 303 Å². The summed E-state index contributed by atoms with van der Waals surface area (Å²) in [6, 6.07) is 0.557. The minimum atomic E-state index is 0.0286. The first-order valence-electron chi connectivity index (χ1n) is 19.3. The monoisotopic (exact) mass is 708 g/mol. The number of piperidine rings is 2. The molecule has 0 saturated carbocycles. The molecule has 14 nitrogen and oxygen atoms in total. The van der Waals surface area contributed by atoms with Crippen LogP contribution in [0, 0.1) is 11.8 Å². The molecule has 4 aliphatic rings. The van der Waals surface area contributed by atoms with Crippen LogP contribution in [0.1, 0.15) is 104 Å². The maximum Gasteiger partial charge on any atom is 0.320 e. The molecule has 0 bridgehead atoms. The lowest BCUT2D eigenvalue weighted by molar-refractivity contribution is -0.118. The Hall–Kier alpha value is -3.78. The minimum absolute atomic E-state index is 0.0286. The van der Waals surface area contributed by atoms with Crippen molar-refractivity contribution in [2.45, 2.75) is 117 Å². The third-order valence-corrected chi connectivity index (χ3v) is 10.4. The van der Waals surface area contributed by atoms with Crippen LogP contribution in [0.5, 0.6) is 12.0 Å². The van der Waals surface area contributed by atoms with Crippen molar-refractivity contribution in [1.82, 2.24) is 30.2 Å². The van der Waals surface area contributed by atoms with Gasteiger partial charge in [-0.1, -0.05) is 33.6 Å². The summed E-state index contributed by atoms with van der Waals surface area (Å²) in [5.41, 5.74) is 13.7. The molecule has 0 radical (unpaired) electrons. The summed E-state index contributed by atoms with van der Waals surface area (Å²) >= 11 is 0. The number of hydrogen-bond donors (Lipinski definition) is 3. The molecule has 6 heterocycles. The van der Waals surface area contributed by atoms with Crippen molar-refractivity contribution in [3.63, 3.8) is 0 Å². The molecule has 2 amide bonds. The predicted molar refractivity (Wildman–Crippen MR) is 200 cm³/mol. The Morgan fingerprint density at radius 2 is 1.16 bits per heavy atom. The number of aromatic nitrogens is 4. The molecule has 51 heavy (non-hydrogen) atoms. The van der Waals surface area contributed by atoms with Gasteiger partial charge in [-0.25, -0.2) is 0 Å². The van der Waals surface area contributed by atoms with E-state index in [-0.39, 0.29) is 42.5 Å². The van der Waals surface area contributed by atoms with E-state index in [0.717, 1.165) is 88.7 Å². The molecule has 6 rings (SSSR count). The van der Waals surface area contributed by atoms with Gasteiger partial charge in [-0.2, -0.15) is 19.9 Å². The lowest BCUT2D eigenvalue weighted by atomic mass is 9.96. The molecular formula is C37H60N10O4. The number of carbonyl (C=O) groups excluding carboxylic acids is 2. The summed E-state index contributed by atoms with van der Waals surface area (Å²) in [4.78, 5) is 48.7. The second-order valence-electron chi connectivity index (χ2n) is 14.7. The first-order chi connectivity index (χ1) is 24.6. The van der Waals surface area contributed by atoms with Crippen LogP contribution in [-0.4, -0.2) is 94.7 Å². The zero-order valence-corrected chi connectivity index (χ0v) is 31.5. The van der Waals surface area contributed by atoms with E-state index in [2.05, 4.69) is 50.9 Å². The van der Waals surface area contributed by atoms with Crippen LogP contribution in [-0.2, 0) is 22.4 Å². The van der Waals surface area contributed by atoms with Crippen molar-refractivity contribution < 1.29 is 19.1 Å². The van der Waals surface area contributed by atoms with Crippen LogP contribution in [0.15, 0.2) is 0 Å². The molecule has 4 aliphatic heterocycles. The Balaban J connectivity index is 0.000000199. The topological polar surface area (TPSA) is 178 Å². The van der Waals surface area contributed by atoms with E-state index < -0.39 is 0 Å². The number of nitrogens with two attached hydrogens (primary N) is 2. The number of ether oxygens (including phenoxy) is 2. The molecule has 2 saturated heterocycles. The normalized spacial score (nSPS) is 19.4. The van der Waals surface area contributed by atoms with Crippen molar-refractivity contribution in [3.8, 4) is 12.0 Å². The lowest BCUT2D eigenvalue weighted by Crippen LogP contribution is -2.40. The smallest absolute Gasteiger partial charge is 0.320 e. The van der Waals surface area contributed by atoms with Gasteiger partial charge in [0.2, 0.25) is 11.8 Å². The van der Waals surface area contributed by atoms with Gasteiger partial charge in [-0.15, -0.1) is 0 Å². The number of fused-ring (bicyclic) bond motifs is 2. The molecule has 0 unspecified atom stereocenters. The average molecular weight is 709 g/mol. The molecule has 0 aliphatic carbocycles. The summed E-state index contributed by atoms with van der Waals surface area (Å²) in [5.74, 6) is 3.16. The lowest BCUT2D eigenvalue weighted by Gasteiger charge is -2.33. The molecule has 282 valence electrons. The second kappa shape index (κ2) is 18.1. The minimum Gasteiger partial charge on any atom is -0.460 e. The maximum atomic E-state index is 12.6. The molecule has 0 spiro atoms. The van der Waals surface area contributed by atoms with Crippen LogP contribution in [0.3, 0.4) is 0 Å². The highest BCUT2D eigenvalue weighted by molar-refractivity contribution is 6.02. The van der Waals surface area contributed by atoms with Gasteiger partial charge in [0.1, 0.15) is 23.3 Å². The highest BCUT2D eigenvalue weighted by Gasteiger charge is 2.36. The van der Waals surface area contributed by atoms with Crippen molar-refractivity contribution >= 4 is 35.1 Å². The zero-order chi connectivity index (χ0) is 36.5. The van der Waals surface area contributed by atoms with Crippen molar-refractivity contribution in [2.24, 2.45) is 11.8 Å². The zero-order valence-electron chi connectivity index (χ0n) is 31.5. The second-order valence-corrected chi connectivity index (χ2v) is 14.7. The number of hydrogen-bond acceptors (Lipinski definition) is 12. The third kappa shape index (κ3) is 9.97. The van der Waals surface area contributed by atoms with Crippen molar-refractivity contribution in [2.75, 3.05) is 67.1 Å². The van der Waals surface area contributed by atoms with E-state index in [1.807, 2.05) is 18.7 Å². The first kappa shape index (κ1) is 38.5. The third-order valence-electron chi connectivity index (χ3n) is 10.4. The van der Waals surface area contributed by atoms with E-state index in [9.17, 15) is 9.59 Å². The van der Waals surface area contributed by atoms with E-state index in [1.54, 1.807) is 4.90 Å². The molecule has 2 aromatic rings. The SMILES string of the molecule is CCC[C@H](C)Oc1nc(N)c2c(n1)N(CC1CCN(CCC)CC1)C(=O)C2.CCC[C@H](C)Oc1nc(N)c2c(n1)N(CC1CCNCC1)C(=O)C2. The predicted octanol–water partition coefficient (Wildman–Crippen LogP) is 4.15. The Morgan fingerprint density at radius 1 is 0.706 bits per heavy atom. The van der Waals surface area contributed by atoms with Gasteiger partial charge in [0, 0.05) is 24.2 Å². The fourth-order valence-corrected chi connectivity index (χ4v) is 7.51. The largest absolute Gasteiger partial charge is 0.460 e. The molecule has 2 atom stereocenters. The summed E-state index contributed by atoms with van der Waals surface area (Å²) in [7, 11) is 0. The van der Waals surface area contributed by atoms with Gasteiger partial charge >= 0.3 is 12.0 Å². The molecule has 14 heteroatoms. The van der Waals surface area contributed by atoms with Gasteiger partial charge in [-0.3, -0.25) is 19.4 Å². The van der Waals surface area contributed by atoms with Gasteiger partial charge in [0.25, 0.3) is 0 Å². The first-order valence-corrected chi connectivity index (χ1v) is 19.3. The molecular weight excluding hydrogens is 648 g/mol. The Morgan fingerprint density at radius 3 is 1.59 bits per heavy atom. The molecule has 2 aromatic heterocycles. The number of amides is 2. The maximum absolute atomic E-state index is 12.6. The van der Waals surface area contributed by atoms with Crippen LogP contribution >= 0.6 is 0 Å². The fourth-order valence-electron chi connectivity index (χ4n) is 7.51. The van der Waals surface area contributed by atoms with Crippen LogP contribution in [0.4, 0.5) is 23.3 Å². The summed E-state index contributed by atoms with van der Waals surface area (Å²) in [6.07, 6.45) is 10.2. The van der Waals surface area contributed by atoms with Crippen LogP contribution in [0.25, 0.3) is 0 Å². The van der Waals surface area contributed by atoms with Gasteiger partial charge in [0.05, 0.1) is 25.0 Å². The van der Waals surface area contributed by atoms with Crippen LogP contribution < -0.4 is 36.1 Å².